The molecular formula is C19H31N3O2. The van der Waals surface area contributed by atoms with Crippen LogP contribution in [0, 0.1) is 5.92 Å². The van der Waals surface area contributed by atoms with Crippen molar-refractivity contribution in [2.75, 3.05) is 46.9 Å². The Kier molecular flexibility index (Phi) is 7.06. The summed E-state index contributed by atoms with van der Waals surface area (Å²) in [5.74, 6) is 1.33. The van der Waals surface area contributed by atoms with Crippen LogP contribution in [0.3, 0.4) is 0 Å². The van der Waals surface area contributed by atoms with Gasteiger partial charge in [0.25, 0.3) is 0 Å². The van der Waals surface area contributed by atoms with Crippen molar-refractivity contribution in [3.05, 3.63) is 29.8 Å². The summed E-state index contributed by atoms with van der Waals surface area (Å²) in [7, 11) is 3.82. The summed E-state index contributed by atoms with van der Waals surface area (Å²) in [6.45, 7) is 9.24. The first kappa shape index (κ1) is 18.7. The minimum Gasteiger partial charge on any atom is -0.497 e. The monoisotopic (exact) mass is 333 g/mol. The molecule has 1 heterocycles. The van der Waals surface area contributed by atoms with E-state index in [0.29, 0.717) is 12.3 Å². The van der Waals surface area contributed by atoms with E-state index >= 15 is 0 Å². The van der Waals surface area contributed by atoms with Crippen LogP contribution in [-0.2, 0) is 4.79 Å². The van der Waals surface area contributed by atoms with Crippen molar-refractivity contribution in [3.8, 4) is 5.75 Å². The summed E-state index contributed by atoms with van der Waals surface area (Å²) in [6.07, 6.45) is 0.565. The van der Waals surface area contributed by atoms with E-state index in [1.54, 1.807) is 7.11 Å². The van der Waals surface area contributed by atoms with Crippen molar-refractivity contribution < 1.29 is 9.53 Å². The predicted molar refractivity (Wildman–Crippen MR) is 97.3 cm³/mol. The molecule has 0 unspecified atom stereocenters. The molecule has 1 fully saturated rings. The first-order chi connectivity index (χ1) is 11.5. The molecule has 1 saturated heterocycles. The summed E-state index contributed by atoms with van der Waals surface area (Å²) in [6, 6.07) is 8.04. The second kappa shape index (κ2) is 9.04. The van der Waals surface area contributed by atoms with Crippen LogP contribution in [0.4, 0.5) is 0 Å². The Hall–Kier alpha value is -1.59. The number of hydrogen-bond donors (Lipinski definition) is 1. The van der Waals surface area contributed by atoms with Gasteiger partial charge >= 0.3 is 0 Å². The predicted octanol–water partition coefficient (Wildman–Crippen LogP) is 2.15. The van der Waals surface area contributed by atoms with Gasteiger partial charge in [0.1, 0.15) is 5.75 Å². The van der Waals surface area contributed by atoms with Gasteiger partial charge < -0.3 is 15.0 Å². The van der Waals surface area contributed by atoms with Crippen LogP contribution >= 0.6 is 0 Å². The van der Waals surface area contributed by atoms with E-state index < -0.39 is 0 Å². The van der Waals surface area contributed by atoms with Crippen LogP contribution < -0.4 is 10.1 Å². The number of carbonyl (C=O) groups is 1. The molecule has 1 atom stereocenters. The standard InChI is InChI=1S/C19H31N3O2/c1-15(2)13-19(23)20-18(14-22-11-9-21(3)10-12-22)16-5-7-17(24-4)8-6-16/h5-8,15,18H,9-14H2,1-4H3,(H,20,23)/t18-/m0/s1. The van der Waals surface area contributed by atoms with Crippen molar-refractivity contribution in [1.82, 2.24) is 15.1 Å². The number of methoxy groups -OCH3 is 1. The first-order valence-corrected chi connectivity index (χ1v) is 8.82. The maximum atomic E-state index is 12.3. The topological polar surface area (TPSA) is 44.8 Å². The number of rotatable bonds is 7. The Morgan fingerprint density at radius 3 is 2.33 bits per heavy atom. The number of piperazine rings is 1. The molecule has 5 heteroatoms. The highest BCUT2D eigenvalue weighted by Crippen LogP contribution is 2.20. The van der Waals surface area contributed by atoms with Crippen LogP contribution in [0.1, 0.15) is 31.9 Å². The summed E-state index contributed by atoms with van der Waals surface area (Å²) in [4.78, 5) is 17.1. The molecule has 134 valence electrons. The molecule has 1 aliphatic heterocycles. The third kappa shape index (κ3) is 5.80. The van der Waals surface area contributed by atoms with E-state index in [-0.39, 0.29) is 11.9 Å². The number of carbonyl (C=O) groups excluding carboxylic acids is 1. The highest BCUT2D eigenvalue weighted by Gasteiger charge is 2.21. The Balaban J connectivity index is 2.06. The Morgan fingerprint density at radius 2 is 1.79 bits per heavy atom. The molecule has 1 aliphatic rings. The van der Waals surface area contributed by atoms with Gasteiger partial charge in [0.15, 0.2) is 0 Å². The lowest BCUT2D eigenvalue weighted by molar-refractivity contribution is -0.122. The molecular weight excluding hydrogens is 302 g/mol. The third-order valence-corrected chi connectivity index (χ3v) is 4.48. The molecule has 0 spiro atoms. The molecule has 5 nitrogen and oxygen atoms in total. The van der Waals surface area contributed by atoms with Gasteiger partial charge in [0.05, 0.1) is 13.2 Å². The van der Waals surface area contributed by atoms with Gasteiger partial charge in [-0.3, -0.25) is 9.69 Å². The number of ether oxygens (including phenoxy) is 1. The molecule has 2 rings (SSSR count). The number of hydrogen-bond acceptors (Lipinski definition) is 4. The van der Waals surface area contributed by atoms with E-state index in [1.807, 2.05) is 12.1 Å². The molecule has 1 aromatic rings. The van der Waals surface area contributed by atoms with Crippen molar-refractivity contribution in [1.29, 1.82) is 0 Å². The van der Waals surface area contributed by atoms with Crippen LogP contribution in [0.5, 0.6) is 5.75 Å². The normalized spacial score (nSPS) is 17.7. The third-order valence-electron chi connectivity index (χ3n) is 4.48. The maximum Gasteiger partial charge on any atom is 0.220 e. The Labute approximate surface area is 146 Å². The summed E-state index contributed by atoms with van der Waals surface area (Å²) >= 11 is 0. The average molecular weight is 333 g/mol. The Bertz CT molecular complexity index is 508. The van der Waals surface area contributed by atoms with Gasteiger partial charge in [-0.15, -0.1) is 0 Å². The smallest absolute Gasteiger partial charge is 0.220 e. The van der Waals surface area contributed by atoms with Gasteiger partial charge in [0.2, 0.25) is 5.91 Å². The molecule has 1 amide bonds. The molecule has 0 aliphatic carbocycles. The van der Waals surface area contributed by atoms with Crippen molar-refractivity contribution in [2.24, 2.45) is 5.92 Å². The molecule has 24 heavy (non-hydrogen) atoms. The fraction of sp³-hybridized carbons (Fsp3) is 0.632. The highest BCUT2D eigenvalue weighted by molar-refractivity contribution is 5.76. The lowest BCUT2D eigenvalue weighted by Gasteiger charge is -2.35. The van der Waals surface area contributed by atoms with Crippen LogP contribution in [0.15, 0.2) is 24.3 Å². The SMILES string of the molecule is COc1ccc([C@H](CN2CCN(C)CC2)NC(=O)CC(C)C)cc1. The van der Waals surface area contributed by atoms with Crippen molar-refractivity contribution in [2.45, 2.75) is 26.3 Å². The van der Waals surface area contributed by atoms with E-state index in [0.717, 1.165) is 44.0 Å². The summed E-state index contributed by atoms with van der Waals surface area (Å²) in [5, 5.41) is 3.23. The number of benzene rings is 1. The molecule has 1 N–H and O–H groups in total. The van der Waals surface area contributed by atoms with Crippen LogP contribution in [0.2, 0.25) is 0 Å². The largest absolute Gasteiger partial charge is 0.497 e. The lowest BCUT2D eigenvalue weighted by Crippen LogP contribution is -2.47. The van der Waals surface area contributed by atoms with E-state index in [1.165, 1.54) is 0 Å². The van der Waals surface area contributed by atoms with E-state index in [9.17, 15) is 4.79 Å². The van der Waals surface area contributed by atoms with Gasteiger partial charge in [-0.05, 0) is 30.7 Å². The number of likely N-dealkylation sites (N-methyl/N-ethyl adjacent to an activating group) is 1. The minimum atomic E-state index is 0.0190. The molecule has 0 saturated carbocycles. The molecule has 0 aromatic heterocycles. The van der Waals surface area contributed by atoms with Gasteiger partial charge in [-0.2, -0.15) is 0 Å². The molecule has 0 bridgehead atoms. The maximum absolute atomic E-state index is 12.3. The molecule has 1 aromatic carbocycles. The van der Waals surface area contributed by atoms with E-state index in [4.69, 9.17) is 4.74 Å². The Morgan fingerprint density at radius 1 is 1.17 bits per heavy atom. The number of nitrogens with one attached hydrogen (secondary N) is 1. The zero-order valence-electron chi connectivity index (χ0n) is 15.4. The fourth-order valence-corrected chi connectivity index (χ4v) is 2.98. The van der Waals surface area contributed by atoms with Crippen molar-refractivity contribution >= 4 is 5.91 Å². The van der Waals surface area contributed by atoms with Crippen molar-refractivity contribution in [3.63, 3.8) is 0 Å². The quantitative estimate of drug-likeness (QED) is 0.830. The van der Waals surface area contributed by atoms with Gasteiger partial charge in [-0.1, -0.05) is 26.0 Å². The van der Waals surface area contributed by atoms with Gasteiger partial charge in [-0.25, -0.2) is 0 Å². The number of nitrogens with zero attached hydrogens (tertiary/aromatic N) is 2. The van der Waals surface area contributed by atoms with E-state index in [2.05, 4.69) is 48.1 Å². The zero-order valence-corrected chi connectivity index (χ0v) is 15.4. The number of amides is 1. The second-order valence-electron chi connectivity index (χ2n) is 7.10. The zero-order chi connectivity index (χ0) is 17.5. The summed E-state index contributed by atoms with van der Waals surface area (Å²) < 4.78 is 5.24. The first-order valence-electron chi connectivity index (χ1n) is 8.82. The fourth-order valence-electron chi connectivity index (χ4n) is 2.98. The lowest BCUT2D eigenvalue weighted by atomic mass is 10.0. The second-order valence-corrected chi connectivity index (χ2v) is 7.10. The average Bonchev–Trinajstić information content (AvgIpc) is 2.55. The minimum absolute atomic E-state index is 0.0190. The van der Waals surface area contributed by atoms with Gasteiger partial charge in [0, 0.05) is 39.1 Å². The van der Waals surface area contributed by atoms with Crippen LogP contribution in [0.25, 0.3) is 0 Å². The van der Waals surface area contributed by atoms with Crippen LogP contribution in [-0.4, -0.2) is 62.6 Å². The highest BCUT2D eigenvalue weighted by atomic mass is 16.5. The summed E-state index contributed by atoms with van der Waals surface area (Å²) in [5.41, 5.74) is 1.13. The molecule has 0 radical (unpaired) electrons.